The number of carbonyl (C=O) groups excluding carboxylic acids is 1. The summed E-state index contributed by atoms with van der Waals surface area (Å²) in [4.78, 5) is 14.2. The Kier molecular flexibility index (Phi) is 6.80. The fraction of sp³-hybridized carbons (Fsp3) is 0.933. The molecule has 0 aromatic carbocycles. The molecule has 0 radical (unpaired) electrons. The third kappa shape index (κ3) is 4.46. The average molecular weight is 269 g/mol. The molecule has 1 amide bonds. The highest BCUT2D eigenvalue weighted by atomic mass is 16.2. The van der Waals surface area contributed by atoms with Crippen molar-refractivity contribution in [1.82, 2.24) is 10.2 Å². The van der Waals surface area contributed by atoms with E-state index in [0.29, 0.717) is 13.1 Å². The molecule has 0 spiro atoms. The van der Waals surface area contributed by atoms with E-state index in [1.54, 1.807) is 0 Å². The van der Waals surface area contributed by atoms with Crippen LogP contribution in [-0.4, -0.2) is 42.5 Å². The quantitative estimate of drug-likeness (QED) is 0.740. The zero-order chi connectivity index (χ0) is 14.3. The van der Waals surface area contributed by atoms with Crippen LogP contribution in [0.15, 0.2) is 0 Å². The SMILES string of the molecule is CCCNC(=O)CN(CC)C1(CN)CCC(C)CC1. The van der Waals surface area contributed by atoms with Crippen LogP contribution in [0.3, 0.4) is 0 Å². The molecule has 0 heterocycles. The summed E-state index contributed by atoms with van der Waals surface area (Å²) in [5.74, 6) is 0.933. The molecular formula is C15H31N3O. The predicted octanol–water partition coefficient (Wildman–Crippen LogP) is 1.74. The minimum Gasteiger partial charge on any atom is -0.355 e. The second-order valence-corrected chi connectivity index (χ2v) is 5.98. The van der Waals surface area contributed by atoms with Crippen LogP contribution >= 0.6 is 0 Å². The summed E-state index contributed by atoms with van der Waals surface area (Å²) < 4.78 is 0. The van der Waals surface area contributed by atoms with Gasteiger partial charge >= 0.3 is 0 Å². The maximum Gasteiger partial charge on any atom is 0.234 e. The number of amides is 1. The van der Waals surface area contributed by atoms with Crippen LogP contribution in [0.25, 0.3) is 0 Å². The molecule has 0 bridgehead atoms. The van der Waals surface area contributed by atoms with Gasteiger partial charge in [0.15, 0.2) is 0 Å². The molecule has 1 fully saturated rings. The van der Waals surface area contributed by atoms with Gasteiger partial charge in [0.1, 0.15) is 0 Å². The van der Waals surface area contributed by atoms with Gasteiger partial charge in [-0.2, -0.15) is 0 Å². The summed E-state index contributed by atoms with van der Waals surface area (Å²) in [6.07, 6.45) is 5.69. The van der Waals surface area contributed by atoms with Gasteiger partial charge in [0.2, 0.25) is 5.91 Å². The first-order valence-electron chi connectivity index (χ1n) is 7.79. The number of hydrogen-bond acceptors (Lipinski definition) is 3. The van der Waals surface area contributed by atoms with Crippen LogP contribution in [0.1, 0.15) is 52.9 Å². The Morgan fingerprint density at radius 1 is 1.37 bits per heavy atom. The van der Waals surface area contributed by atoms with Crippen LogP contribution in [0.5, 0.6) is 0 Å². The van der Waals surface area contributed by atoms with E-state index in [4.69, 9.17) is 5.73 Å². The highest BCUT2D eigenvalue weighted by Crippen LogP contribution is 2.35. The molecule has 112 valence electrons. The summed E-state index contributed by atoms with van der Waals surface area (Å²) >= 11 is 0. The minimum absolute atomic E-state index is 0.0464. The first kappa shape index (κ1) is 16.4. The first-order valence-corrected chi connectivity index (χ1v) is 7.79. The number of hydrogen-bond donors (Lipinski definition) is 2. The lowest BCUT2D eigenvalue weighted by molar-refractivity contribution is -0.124. The van der Waals surface area contributed by atoms with E-state index in [2.05, 4.69) is 31.0 Å². The number of nitrogens with zero attached hydrogens (tertiary/aromatic N) is 1. The van der Waals surface area contributed by atoms with Gasteiger partial charge in [-0.3, -0.25) is 9.69 Å². The van der Waals surface area contributed by atoms with Crippen LogP contribution in [0.4, 0.5) is 0 Å². The lowest BCUT2D eigenvalue weighted by Gasteiger charge is -2.46. The molecule has 4 nitrogen and oxygen atoms in total. The molecule has 0 saturated heterocycles. The highest BCUT2D eigenvalue weighted by molar-refractivity contribution is 5.78. The van der Waals surface area contributed by atoms with Gasteiger partial charge in [-0.15, -0.1) is 0 Å². The Labute approximate surface area is 118 Å². The number of nitrogens with one attached hydrogen (secondary N) is 1. The van der Waals surface area contributed by atoms with Gasteiger partial charge in [0.25, 0.3) is 0 Å². The molecule has 1 rings (SSSR count). The van der Waals surface area contributed by atoms with E-state index >= 15 is 0 Å². The van der Waals surface area contributed by atoms with Crippen molar-refractivity contribution >= 4 is 5.91 Å². The molecule has 1 saturated carbocycles. The molecule has 0 atom stereocenters. The van der Waals surface area contributed by atoms with Crippen LogP contribution in [0.2, 0.25) is 0 Å². The van der Waals surface area contributed by atoms with E-state index in [9.17, 15) is 4.79 Å². The Bertz CT molecular complexity index is 273. The monoisotopic (exact) mass is 269 g/mol. The second-order valence-electron chi connectivity index (χ2n) is 5.98. The summed E-state index contributed by atoms with van der Waals surface area (Å²) in [6, 6.07) is 0. The van der Waals surface area contributed by atoms with Crippen molar-refractivity contribution in [2.24, 2.45) is 11.7 Å². The molecule has 4 heteroatoms. The van der Waals surface area contributed by atoms with Gasteiger partial charge in [-0.05, 0) is 44.6 Å². The average Bonchev–Trinajstić information content (AvgIpc) is 2.44. The summed E-state index contributed by atoms with van der Waals surface area (Å²) in [6.45, 7) is 9.32. The first-order chi connectivity index (χ1) is 9.07. The standard InChI is InChI=1S/C15H31N3O/c1-4-10-17-14(19)11-18(5-2)15(12-16)8-6-13(3)7-9-15/h13H,4-12,16H2,1-3H3,(H,17,19). The molecule has 0 aromatic rings. The third-order valence-corrected chi connectivity index (χ3v) is 4.54. The molecule has 0 aliphatic heterocycles. The molecule has 0 aromatic heterocycles. The van der Waals surface area contributed by atoms with Crippen LogP contribution in [-0.2, 0) is 4.79 Å². The van der Waals surface area contributed by atoms with Gasteiger partial charge in [-0.1, -0.05) is 20.8 Å². The van der Waals surface area contributed by atoms with E-state index in [1.807, 2.05) is 0 Å². The third-order valence-electron chi connectivity index (χ3n) is 4.54. The molecule has 0 unspecified atom stereocenters. The van der Waals surface area contributed by atoms with Crippen molar-refractivity contribution in [1.29, 1.82) is 0 Å². The number of carbonyl (C=O) groups is 1. The maximum absolute atomic E-state index is 11.9. The van der Waals surface area contributed by atoms with Crippen molar-refractivity contribution in [3.05, 3.63) is 0 Å². The largest absolute Gasteiger partial charge is 0.355 e. The van der Waals surface area contributed by atoms with E-state index < -0.39 is 0 Å². The number of rotatable bonds is 7. The summed E-state index contributed by atoms with van der Waals surface area (Å²) in [5, 5.41) is 2.96. The van der Waals surface area contributed by atoms with E-state index in [0.717, 1.165) is 38.3 Å². The van der Waals surface area contributed by atoms with Crippen molar-refractivity contribution in [2.75, 3.05) is 26.2 Å². The zero-order valence-electron chi connectivity index (χ0n) is 12.9. The van der Waals surface area contributed by atoms with Crippen molar-refractivity contribution in [2.45, 2.75) is 58.4 Å². The zero-order valence-corrected chi connectivity index (χ0v) is 12.9. The molecule has 1 aliphatic carbocycles. The Morgan fingerprint density at radius 2 is 2.00 bits per heavy atom. The smallest absolute Gasteiger partial charge is 0.234 e. The Balaban J connectivity index is 2.62. The maximum atomic E-state index is 11.9. The normalized spacial score (nSPS) is 27.5. The van der Waals surface area contributed by atoms with Crippen molar-refractivity contribution in [3.63, 3.8) is 0 Å². The summed E-state index contributed by atoms with van der Waals surface area (Å²) in [5.41, 5.74) is 6.11. The Hall–Kier alpha value is -0.610. The molecular weight excluding hydrogens is 238 g/mol. The highest BCUT2D eigenvalue weighted by Gasteiger charge is 2.38. The summed E-state index contributed by atoms with van der Waals surface area (Å²) in [7, 11) is 0. The number of nitrogens with two attached hydrogens (primary N) is 1. The fourth-order valence-electron chi connectivity index (χ4n) is 3.06. The van der Waals surface area contributed by atoms with Gasteiger partial charge in [0, 0.05) is 18.6 Å². The van der Waals surface area contributed by atoms with Gasteiger partial charge in [0.05, 0.1) is 6.54 Å². The fourth-order valence-corrected chi connectivity index (χ4v) is 3.06. The van der Waals surface area contributed by atoms with Crippen LogP contribution < -0.4 is 11.1 Å². The van der Waals surface area contributed by atoms with E-state index in [1.165, 1.54) is 12.8 Å². The lowest BCUT2D eigenvalue weighted by atomic mass is 9.76. The van der Waals surface area contributed by atoms with Crippen molar-refractivity contribution in [3.8, 4) is 0 Å². The second kappa shape index (κ2) is 7.85. The van der Waals surface area contributed by atoms with Crippen LogP contribution in [0, 0.1) is 5.92 Å². The lowest BCUT2D eigenvalue weighted by Crippen LogP contribution is -2.58. The van der Waals surface area contributed by atoms with Crippen molar-refractivity contribution < 1.29 is 4.79 Å². The topological polar surface area (TPSA) is 58.4 Å². The van der Waals surface area contributed by atoms with E-state index in [-0.39, 0.29) is 11.4 Å². The Morgan fingerprint density at radius 3 is 2.47 bits per heavy atom. The number of likely N-dealkylation sites (N-methyl/N-ethyl adjacent to an activating group) is 1. The molecule has 19 heavy (non-hydrogen) atoms. The van der Waals surface area contributed by atoms with Gasteiger partial charge in [-0.25, -0.2) is 0 Å². The molecule has 1 aliphatic rings. The predicted molar refractivity (Wildman–Crippen MR) is 80.0 cm³/mol. The molecule has 3 N–H and O–H groups in total. The van der Waals surface area contributed by atoms with Gasteiger partial charge < -0.3 is 11.1 Å². The minimum atomic E-state index is 0.0464.